The van der Waals surface area contributed by atoms with E-state index >= 15 is 0 Å². The van der Waals surface area contributed by atoms with Gasteiger partial charge in [0.2, 0.25) is 0 Å². The Morgan fingerprint density at radius 2 is 1.94 bits per heavy atom. The SMILES string of the molecule is O=C(O)c1c(-c2ccncc2)cn2ccccc12. The molecule has 0 bridgehead atoms. The van der Waals surface area contributed by atoms with Crippen LogP contribution in [0.4, 0.5) is 0 Å². The molecule has 0 unspecified atom stereocenters. The molecule has 0 fully saturated rings. The number of rotatable bonds is 2. The Balaban J connectivity index is 2.36. The third kappa shape index (κ3) is 1.55. The Kier molecular flexibility index (Phi) is 2.34. The van der Waals surface area contributed by atoms with Crippen LogP contribution in [-0.4, -0.2) is 20.5 Å². The Hall–Kier alpha value is -2.62. The topological polar surface area (TPSA) is 54.6 Å². The second kappa shape index (κ2) is 4.00. The van der Waals surface area contributed by atoms with Crippen LogP contribution >= 0.6 is 0 Å². The lowest BCUT2D eigenvalue weighted by Gasteiger charge is -1.99. The molecular formula is C14H10N2O2. The molecule has 4 heteroatoms. The second-order valence-electron chi connectivity index (χ2n) is 3.95. The fourth-order valence-electron chi connectivity index (χ4n) is 2.10. The molecule has 0 radical (unpaired) electrons. The van der Waals surface area contributed by atoms with E-state index < -0.39 is 5.97 Å². The van der Waals surface area contributed by atoms with Crippen LogP contribution in [0.3, 0.4) is 0 Å². The van der Waals surface area contributed by atoms with Gasteiger partial charge in [0.05, 0.1) is 11.1 Å². The zero-order valence-electron chi connectivity index (χ0n) is 9.45. The number of aromatic nitrogens is 2. The quantitative estimate of drug-likeness (QED) is 0.746. The summed E-state index contributed by atoms with van der Waals surface area (Å²) in [6.07, 6.45) is 6.98. The Bertz CT molecular complexity index is 717. The molecule has 0 spiro atoms. The second-order valence-corrected chi connectivity index (χ2v) is 3.95. The zero-order valence-corrected chi connectivity index (χ0v) is 9.45. The van der Waals surface area contributed by atoms with E-state index in [1.54, 1.807) is 30.6 Å². The summed E-state index contributed by atoms with van der Waals surface area (Å²) < 4.78 is 1.82. The van der Waals surface area contributed by atoms with Crippen molar-refractivity contribution in [3.63, 3.8) is 0 Å². The van der Waals surface area contributed by atoms with Crippen molar-refractivity contribution in [2.75, 3.05) is 0 Å². The minimum atomic E-state index is -0.921. The van der Waals surface area contributed by atoms with Gasteiger partial charge < -0.3 is 9.51 Å². The van der Waals surface area contributed by atoms with E-state index in [2.05, 4.69) is 4.98 Å². The number of carboxylic acids is 1. The van der Waals surface area contributed by atoms with Crippen molar-refractivity contribution in [1.29, 1.82) is 0 Å². The molecule has 3 aromatic heterocycles. The molecule has 0 amide bonds. The van der Waals surface area contributed by atoms with Crippen molar-refractivity contribution < 1.29 is 9.90 Å². The van der Waals surface area contributed by atoms with Gasteiger partial charge in [-0.15, -0.1) is 0 Å². The van der Waals surface area contributed by atoms with Gasteiger partial charge >= 0.3 is 5.97 Å². The summed E-state index contributed by atoms with van der Waals surface area (Å²) in [6.45, 7) is 0. The molecule has 0 aliphatic carbocycles. The maximum Gasteiger partial charge on any atom is 0.338 e. The molecule has 0 saturated carbocycles. The molecule has 1 N–H and O–H groups in total. The van der Waals surface area contributed by atoms with Crippen LogP contribution < -0.4 is 0 Å². The molecule has 0 saturated heterocycles. The summed E-state index contributed by atoms with van der Waals surface area (Å²) in [6, 6.07) is 9.11. The molecule has 3 heterocycles. The fraction of sp³-hybridized carbons (Fsp3) is 0. The van der Waals surface area contributed by atoms with E-state index in [-0.39, 0.29) is 0 Å². The number of carboxylic acid groups (broad SMARTS) is 1. The van der Waals surface area contributed by atoms with Gasteiger partial charge in [0.25, 0.3) is 0 Å². The van der Waals surface area contributed by atoms with Gasteiger partial charge in [0.1, 0.15) is 0 Å². The summed E-state index contributed by atoms with van der Waals surface area (Å²) in [4.78, 5) is 15.4. The fourth-order valence-corrected chi connectivity index (χ4v) is 2.10. The molecule has 0 aliphatic rings. The first kappa shape index (κ1) is 10.5. The predicted molar refractivity (Wildman–Crippen MR) is 67.6 cm³/mol. The first-order valence-electron chi connectivity index (χ1n) is 5.51. The minimum Gasteiger partial charge on any atom is -0.478 e. The number of aromatic carboxylic acids is 1. The van der Waals surface area contributed by atoms with Gasteiger partial charge in [-0.05, 0) is 29.8 Å². The molecule has 3 rings (SSSR count). The molecule has 0 aromatic carbocycles. The number of hydrogen-bond donors (Lipinski definition) is 1. The predicted octanol–water partition coefficient (Wildman–Crippen LogP) is 2.70. The minimum absolute atomic E-state index is 0.321. The summed E-state index contributed by atoms with van der Waals surface area (Å²) >= 11 is 0. The van der Waals surface area contributed by atoms with E-state index in [1.165, 1.54) is 0 Å². The van der Waals surface area contributed by atoms with Crippen molar-refractivity contribution in [3.05, 3.63) is 60.7 Å². The third-order valence-corrected chi connectivity index (χ3v) is 2.89. The third-order valence-electron chi connectivity index (χ3n) is 2.89. The van der Waals surface area contributed by atoms with Crippen LogP contribution in [0.25, 0.3) is 16.6 Å². The number of carbonyl (C=O) groups is 1. The van der Waals surface area contributed by atoms with Gasteiger partial charge in [-0.2, -0.15) is 0 Å². The Labute approximate surface area is 103 Å². The zero-order chi connectivity index (χ0) is 12.5. The number of fused-ring (bicyclic) bond motifs is 1. The van der Waals surface area contributed by atoms with E-state index in [0.717, 1.165) is 5.56 Å². The van der Waals surface area contributed by atoms with Crippen molar-refractivity contribution >= 4 is 11.5 Å². The van der Waals surface area contributed by atoms with E-state index in [4.69, 9.17) is 0 Å². The summed E-state index contributed by atoms with van der Waals surface area (Å²) in [5, 5.41) is 9.38. The van der Waals surface area contributed by atoms with Gasteiger partial charge in [-0.1, -0.05) is 6.07 Å². The van der Waals surface area contributed by atoms with Crippen molar-refractivity contribution in [1.82, 2.24) is 9.38 Å². The Morgan fingerprint density at radius 3 is 2.67 bits per heavy atom. The molecule has 3 aromatic rings. The standard InChI is InChI=1S/C14H10N2O2/c17-14(18)13-11(10-4-6-15-7-5-10)9-16-8-2-1-3-12(13)16/h1-9H,(H,17,18). The summed E-state index contributed by atoms with van der Waals surface area (Å²) in [5.41, 5.74) is 2.57. The largest absolute Gasteiger partial charge is 0.478 e. The number of hydrogen-bond acceptors (Lipinski definition) is 2. The van der Waals surface area contributed by atoms with Crippen molar-refractivity contribution in [2.24, 2.45) is 0 Å². The van der Waals surface area contributed by atoms with E-state index in [0.29, 0.717) is 16.6 Å². The van der Waals surface area contributed by atoms with Crippen LogP contribution in [0.2, 0.25) is 0 Å². The van der Waals surface area contributed by atoms with E-state index in [1.807, 2.05) is 28.9 Å². The highest BCUT2D eigenvalue weighted by Gasteiger charge is 2.17. The first-order valence-corrected chi connectivity index (χ1v) is 5.51. The molecular weight excluding hydrogens is 228 g/mol. The maximum atomic E-state index is 11.4. The van der Waals surface area contributed by atoms with Crippen LogP contribution in [0.5, 0.6) is 0 Å². The van der Waals surface area contributed by atoms with Crippen molar-refractivity contribution in [2.45, 2.75) is 0 Å². The lowest BCUT2D eigenvalue weighted by Crippen LogP contribution is -1.97. The van der Waals surface area contributed by atoms with Crippen LogP contribution in [0.1, 0.15) is 10.4 Å². The highest BCUT2D eigenvalue weighted by Crippen LogP contribution is 2.28. The van der Waals surface area contributed by atoms with Gasteiger partial charge in [-0.3, -0.25) is 4.98 Å². The van der Waals surface area contributed by atoms with Crippen LogP contribution in [-0.2, 0) is 0 Å². The average molecular weight is 238 g/mol. The summed E-state index contributed by atoms with van der Waals surface area (Å²) in [7, 11) is 0. The normalized spacial score (nSPS) is 10.7. The summed E-state index contributed by atoms with van der Waals surface area (Å²) in [5.74, 6) is -0.921. The average Bonchev–Trinajstić information content (AvgIpc) is 2.79. The van der Waals surface area contributed by atoms with Crippen LogP contribution in [0.15, 0.2) is 55.1 Å². The lowest BCUT2D eigenvalue weighted by atomic mass is 10.1. The van der Waals surface area contributed by atoms with Gasteiger partial charge in [0.15, 0.2) is 0 Å². The van der Waals surface area contributed by atoms with Crippen molar-refractivity contribution in [3.8, 4) is 11.1 Å². The monoisotopic (exact) mass is 238 g/mol. The van der Waals surface area contributed by atoms with Crippen LogP contribution in [0, 0.1) is 0 Å². The molecule has 88 valence electrons. The first-order chi connectivity index (χ1) is 8.77. The smallest absolute Gasteiger partial charge is 0.338 e. The molecule has 0 atom stereocenters. The molecule has 0 aliphatic heterocycles. The molecule has 4 nitrogen and oxygen atoms in total. The Morgan fingerprint density at radius 1 is 1.17 bits per heavy atom. The van der Waals surface area contributed by atoms with Gasteiger partial charge in [-0.25, -0.2) is 4.79 Å². The lowest BCUT2D eigenvalue weighted by molar-refractivity contribution is 0.0700. The molecule has 18 heavy (non-hydrogen) atoms. The highest BCUT2D eigenvalue weighted by molar-refractivity contribution is 6.03. The number of nitrogens with zero attached hydrogens (tertiary/aromatic N) is 2. The number of pyridine rings is 2. The van der Waals surface area contributed by atoms with Gasteiger partial charge in [0, 0.05) is 30.4 Å². The highest BCUT2D eigenvalue weighted by atomic mass is 16.4. The maximum absolute atomic E-state index is 11.4. The van der Waals surface area contributed by atoms with E-state index in [9.17, 15) is 9.90 Å².